The third-order valence-electron chi connectivity index (χ3n) is 4.36. The molecule has 0 aliphatic heterocycles. The van der Waals surface area contributed by atoms with Crippen LogP contribution in [-0.2, 0) is 22.4 Å². The highest BCUT2D eigenvalue weighted by atomic mass is 16.2. The number of Topliss-reactive ketones (excluding diaryl/α,β-unsaturated/α-hetero) is 1. The van der Waals surface area contributed by atoms with Crippen molar-refractivity contribution in [2.24, 2.45) is 5.92 Å². The van der Waals surface area contributed by atoms with E-state index in [9.17, 15) is 9.59 Å². The molecule has 27 heavy (non-hydrogen) atoms. The number of ketones is 1. The third kappa shape index (κ3) is 6.98. The number of aromatic amines is 1. The van der Waals surface area contributed by atoms with Crippen molar-refractivity contribution in [1.29, 1.82) is 0 Å². The van der Waals surface area contributed by atoms with Crippen LogP contribution in [0.4, 0.5) is 0 Å². The Hall–Kier alpha value is -2.47. The Bertz CT molecular complexity index is 720. The van der Waals surface area contributed by atoms with Gasteiger partial charge in [-0.1, -0.05) is 30.3 Å². The van der Waals surface area contributed by atoms with Gasteiger partial charge in [-0.15, -0.1) is 0 Å². The molecule has 2 rings (SSSR count). The van der Waals surface area contributed by atoms with E-state index >= 15 is 0 Å². The number of imidazole rings is 1. The lowest BCUT2D eigenvalue weighted by molar-refractivity contribution is -0.130. The van der Waals surface area contributed by atoms with Gasteiger partial charge >= 0.3 is 0 Å². The molecule has 6 heteroatoms. The van der Waals surface area contributed by atoms with E-state index in [-0.39, 0.29) is 29.7 Å². The number of hydrogen-bond acceptors (Lipinski definition) is 4. The highest BCUT2D eigenvalue weighted by Crippen LogP contribution is 2.16. The molecule has 0 aliphatic carbocycles. The van der Waals surface area contributed by atoms with E-state index in [4.69, 9.17) is 0 Å². The zero-order chi connectivity index (χ0) is 19.9. The second-order valence-electron chi connectivity index (χ2n) is 7.90. The molecular weight excluding hydrogens is 340 g/mol. The molecule has 0 fully saturated rings. The number of hydrogen-bond donors (Lipinski definition) is 3. The Morgan fingerprint density at radius 3 is 2.41 bits per heavy atom. The van der Waals surface area contributed by atoms with Crippen LogP contribution >= 0.6 is 0 Å². The van der Waals surface area contributed by atoms with E-state index in [1.165, 1.54) is 0 Å². The summed E-state index contributed by atoms with van der Waals surface area (Å²) in [5, 5.41) is 6.10. The van der Waals surface area contributed by atoms with Gasteiger partial charge in [-0.3, -0.25) is 9.59 Å². The summed E-state index contributed by atoms with van der Waals surface area (Å²) < 4.78 is 0. The summed E-state index contributed by atoms with van der Waals surface area (Å²) in [6, 6.07) is 9.60. The van der Waals surface area contributed by atoms with Crippen LogP contribution in [0.3, 0.4) is 0 Å². The minimum atomic E-state index is -0.428. The van der Waals surface area contributed by atoms with Gasteiger partial charge in [0.2, 0.25) is 5.91 Å². The molecule has 1 amide bonds. The number of amides is 1. The fourth-order valence-electron chi connectivity index (χ4n) is 3.13. The van der Waals surface area contributed by atoms with Crippen LogP contribution in [0.1, 0.15) is 38.4 Å². The predicted molar refractivity (Wildman–Crippen MR) is 106 cm³/mol. The molecule has 1 aromatic heterocycles. The molecule has 2 aromatic rings. The molecule has 0 radical (unpaired) electrons. The van der Waals surface area contributed by atoms with Gasteiger partial charge in [0.25, 0.3) is 0 Å². The Balaban J connectivity index is 2.14. The van der Waals surface area contributed by atoms with Crippen LogP contribution < -0.4 is 10.6 Å². The number of carbonyl (C=O) groups is 2. The second-order valence-corrected chi connectivity index (χ2v) is 7.90. The molecule has 146 valence electrons. The molecular formula is C21H30N4O2. The summed E-state index contributed by atoms with van der Waals surface area (Å²) in [5.74, 6) is -0.517. The molecule has 2 atom stereocenters. The van der Waals surface area contributed by atoms with Crippen molar-refractivity contribution >= 4 is 11.7 Å². The van der Waals surface area contributed by atoms with E-state index < -0.39 is 5.92 Å². The quantitative estimate of drug-likeness (QED) is 0.632. The predicted octanol–water partition coefficient (Wildman–Crippen LogP) is 2.27. The maximum Gasteiger partial charge on any atom is 0.223 e. The molecule has 0 spiro atoms. The summed E-state index contributed by atoms with van der Waals surface area (Å²) in [4.78, 5) is 32.4. The average molecular weight is 370 g/mol. The summed E-state index contributed by atoms with van der Waals surface area (Å²) in [7, 11) is 1.60. The van der Waals surface area contributed by atoms with Crippen LogP contribution in [0.25, 0.3) is 0 Å². The Morgan fingerprint density at radius 1 is 1.15 bits per heavy atom. The molecule has 1 heterocycles. The highest BCUT2D eigenvalue weighted by molar-refractivity contribution is 5.90. The first-order chi connectivity index (χ1) is 12.8. The minimum absolute atomic E-state index is 0.0434. The van der Waals surface area contributed by atoms with E-state index in [1.807, 2.05) is 51.1 Å². The minimum Gasteiger partial charge on any atom is -0.359 e. The lowest BCUT2D eigenvalue weighted by Gasteiger charge is -2.29. The normalized spacial score (nSPS) is 13.8. The van der Waals surface area contributed by atoms with Gasteiger partial charge in [0.05, 0.1) is 18.3 Å². The Morgan fingerprint density at radius 2 is 1.85 bits per heavy atom. The number of H-pyrrole nitrogens is 1. The third-order valence-corrected chi connectivity index (χ3v) is 4.36. The van der Waals surface area contributed by atoms with Crippen molar-refractivity contribution in [2.45, 2.75) is 51.6 Å². The van der Waals surface area contributed by atoms with Gasteiger partial charge in [0, 0.05) is 37.3 Å². The van der Waals surface area contributed by atoms with Crippen LogP contribution in [-0.4, -0.2) is 40.3 Å². The number of rotatable bonds is 9. The van der Waals surface area contributed by atoms with Crippen LogP contribution in [0.2, 0.25) is 0 Å². The number of aromatic nitrogens is 2. The zero-order valence-corrected chi connectivity index (χ0v) is 16.6. The summed E-state index contributed by atoms with van der Waals surface area (Å²) in [6.07, 6.45) is 4.51. The molecule has 0 aliphatic rings. The van der Waals surface area contributed by atoms with Crippen LogP contribution in [0.5, 0.6) is 0 Å². The number of nitrogens with one attached hydrogen (secondary N) is 3. The SMILES string of the molecule is CNC(=O)[C@@H](CC(=O)[C@H](Cc1ccccc1)NC(C)(C)C)Cc1cnc[nH]1. The standard InChI is InChI=1S/C21H30N4O2/c1-21(2,3)25-18(10-15-8-6-5-7-9-15)19(26)12-16(20(27)22-4)11-17-13-23-14-24-17/h5-9,13-14,16,18,25H,10-12H2,1-4H3,(H,22,27)(H,23,24)/t16-,18+/m1/s1. The maximum absolute atomic E-state index is 13.1. The first-order valence-electron chi connectivity index (χ1n) is 9.31. The van der Waals surface area contributed by atoms with Crippen molar-refractivity contribution in [3.05, 3.63) is 54.1 Å². The monoisotopic (exact) mass is 370 g/mol. The van der Waals surface area contributed by atoms with Gasteiger partial charge in [-0.05, 0) is 32.8 Å². The molecule has 0 bridgehead atoms. The topological polar surface area (TPSA) is 86.9 Å². The van der Waals surface area contributed by atoms with Gasteiger partial charge in [-0.25, -0.2) is 4.98 Å². The van der Waals surface area contributed by atoms with Gasteiger partial charge < -0.3 is 15.6 Å². The summed E-state index contributed by atoms with van der Waals surface area (Å²) in [5.41, 5.74) is 1.73. The first-order valence-corrected chi connectivity index (χ1v) is 9.31. The van der Waals surface area contributed by atoms with Crippen molar-refractivity contribution < 1.29 is 9.59 Å². The molecule has 3 N–H and O–H groups in total. The first kappa shape index (κ1) is 20.8. The van der Waals surface area contributed by atoms with E-state index in [0.717, 1.165) is 11.3 Å². The molecule has 0 unspecified atom stereocenters. The van der Waals surface area contributed by atoms with E-state index in [1.54, 1.807) is 19.6 Å². The lowest BCUT2D eigenvalue weighted by Crippen LogP contribution is -2.49. The molecule has 1 aromatic carbocycles. The van der Waals surface area contributed by atoms with Crippen molar-refractivity contribution in [2.75, 3.05) is 7.05 Å². The average Bonchev–Trinajstić information content (AvgIpc) is 3.12. The fraction of sp³-hybridized carbons (Fsp3) is 0.476. The second kappa shape index (κ2) is 9.46. The van der Waals surface area contributed by atoms with Crippen molar-refractivity contribution in [3.63, 3.8) is 0 Å². The number of nitrogens with zero attached hydrogens (tertiary/aromatic N) is 1. The van der Waals surface area contributed by atoms with E-state index in [2.05, 4.69) is 20.6 Å². The zero-order valence-electron chi connectivity index (χ0n) is 16.6. The van der Waals surface area contributed by atoms with Gasteiger partial charge in [0.1, 0.15) is 0 Å². The molecule has 0 saturated heterocycles. The number of carbonyl (C=O) groups excluding carboxylic acids is 2. The highest BCUT2D eigenvalue weighted by Gasteiger charge is 2.29. The van der Waals surface area contributed by atoms with Crippen molar-refractivity contribution in [3.8, 4) is 0 Å². The lowest BCUT2D eigenvalue weighted by atomic mass is 9.90. The van der Waals surface area contributed by atoms with Crippen LogP contribution in [0, 0.1) is 5.92 Å². The smallest absolute Gasteiger partial charge is 0.223 e. The number of benzene rings is 1. The Labute approximate surface area is 161 Å². The van der Waals surface area contributed by atoms with Crippen LogP contribution in [0.15, 0.2) is 42.9 Å². The Kier molecular flexibility index (Phi) is 7.30. The largest absolute Gasteiger partial charge is 0.359 e. The molecule has 6 nitrogen and oxygen atoms in total. The van der Waals surface area contributed by atoms with Crippen molar-refractivity contribution in [1.82, 2.24) is 20.6 Å². The summed E-state index contributed by atoms with van der Waals surface area (Å²) >= 11 is 0. The van der Waals surface area contributed by atoms with E-state index in [0.29, 0.717) is 12.8 Å². The molecule has 0 saturated carbocycles. The fourth-order valence-corrected chi connectivity index (χ4v) is 3.13. The van der Waals surface area contributed by atoms with Gasteiger partial charge in [0.15, 0.2) is 5.78 Å². The van der Waals surface area contributed by atoms with Gasteiger partial charge in [-0.2, -0.15) is 0 Å². The maximum atomic E-state index is 13.1. The summed E-state index contributed by atoms with van der Waals surface area (Å²) in [6.45, 7) is 6.12.